The fraction of sp³-hybridized carbons (Fsp3) is 0.423. The van der Waals surface area contributed by atoms with Crippen LogP contribution in [0.2, 0.25) is 0 Å². The van der Waals surface area contributed by atoms with Crippen molar-refractivity contribution in [1.82, 2.24) is 14.9 Å². The van der Waals surface area contributed by atoms with E-state index in [0.717, 1.165) is 80.0 Å². The Morgan fingerprint density at radius 2 is 1.55 bits per heavy atom. The van der Waals surface area contributed by atoms with Crippen molar-refractivity contribution < 1.29 is 4.79 Å². The molecule has 0 unspecified atom stereocenters. The zero-order valence-electron chi connectivity index (χ0n) is 18.6. The van der Waals surface area contributed by atoms with Crippen LogP contribution >= 0.6 is 0 Å². The number of hydrogen-bond acceptors (Lipinski definition) is 4. The Balaban J connectivity index is 1.57. The Morgan fingerprint density at radius 3 is 2.19 bits per heavy atom. The molecule has 5 nitrogen and oxygen atoms in total. The molecule has 162 valence electrons. The number of carbonyl (C=O) groups excluding carboxylic acids is 1. The maximum absolute atomic E-state index is 13.0. The summed E-state index contributed by atoms with van der Waals surface area (Å²) in [6.45, 7) is 7.36. The number of hydrogen-bond donors (Lipinski definition) is 0. The van der Waals surface area contributed by atoms with Crippen molar-refractivity contribution in [2.45, 2.75) is 39.5 Å². The van der Waals surface area contributed by atoms with Crippen LogP contribution in [0.5, 0.6) is 0 Å². The van der Waals surface area contributed by atoms with Gasteiger partial charge in [0, 0.05) is 37.7 Å². The van der Waals surface area contributed by atoms with Gasteiger partial charge in [-0.1, -0.05) is 69.2 Å². The van der Waals surface area contributed by atoms with Gasteiger partial charge in [0.1, 0.15) is 5.69 Å². The van der Waals surface area contributed by atoms with Crippen LogP contribution in [0.25, 0.3) is 22.3 Å². The highest BCUT2D eigenvalue weighted by Crippen LogP contribution is 2.30. The Kier molecular flexibility index (Phi) is 6.80. The van der Waals surface area contributed by atoms with Crippen molar-refractivity contribution in [1.29, 1.82) is 0 Å². The van der Waals surface area contributed by atoms with Gasteiger partial charge in [0.15, 0.2) is 5.82 Å². The highest BCUT2D eigenvalue weighted by atomic mass is 16.2. The summed E-state index contributed by atoms with van der Waals surface area (Å²) < 4.78 is 0. The minimum atomic E-state index is 0.159. The van der Waals surface area contributed by atoms with Crippen LogP contribution in [0, 0.1) is 5.92 Å². The molecule has 1 aromatic heterocycles. The summed E-state index contributed by atoms with van der Waals surface area (Å²) in [5.74, 6) is 1.39. The first-order valence-electron chi connectivity index (χ1n) is 11.6. The first kappa shape index (κ1) is 21.3. The molecular weight excluding hydrogens is 384 g/mol. The number of amides is 1. The summed E-state index contributed by atoms with van der Waals surface area (Å²) in [6, 6.07) is 18.3. The maximum Gasteiger partial charge on any atom is 0.225 e. The molecule has 0 N–H and O–H groups in total. The Morgan fingerprint density at radius 1 is 0.903 bits per heavy atom. The van der Waals surface area contributed by atoms with Gasteiger partial charge in [-0.05, 0) is 25.0 Å². The first-order valence-corrected chi connectivity index (χ1v) is 11.6. The number of para-hydroxylation sites is 2. The molecule has 1 fully saturated rings. The summed E-state index contributed by atoms with van der Waals surface area (Å²) in [5, 5.41) is 0. The average Bonchev–Trinajstić information content (AvgIpc) is 2.84. The fourth-order valence-electron chi connectivity index (χ4n) is 4.35. The lowest BCUT2D eigenvalue weighted by Crippen LogP contribution is -2.50. The number of piperazine rings is 1. The van der Waals surface area contributed by atoms with Gasteiger partial charge in [0.2, 0.25) is 5.91 Å². The molecule has 1 saturated heterocycles. The van der Waals surface area contributed by atoms with Crippen LogP contribution in [0.1, 0.15) is 39.5 Å². The highest BCUT2D eigenvalue weighted by molar-refractivity contribution is 5.84. The lowest BCUT2D eigenvalue weighted by molar-refractivity contribution is -0.136. The van der Waals surface area contributed by atoms with Gasteiger partial charge in [-0.25, -0.2) is 9.97 Å². The van der Waals surface area contributed by atoms with Crippen molar-refractivity contribution in [3.63, 3.8) is 0 Å². The summed E-state index contributed by atoms with van der Waals surface area (Å²) >= 11 is 0. The van der Waals surface area contributed by atoms with Crippen molar-refractivity contribution >= 4 is 22.8 Å². The second-order valence-corrected chi connectivity index (χ2v) is 8.31. The first-order chi connectivity index (χ1) is 15.2. The van der Waals surface area contributed by atoms with E-state index in [-0.39, 0.29) is 5.92 Å². The Bertz CT molecular complexity index is 1010. The van der Waals surface area contributed by atoms with E-state index in [2.05, 4.69) is 35.8 Å². The number of anilines is 1. The topological polar surface area (TPSA) is 49.3 Å². The largest absolute Gasteiger partial charge is 0.351 e. The number of nitrogens with zero attached hydrogens (tertiary/aromatic N) is 4. The van der Waals surface area contributed by atoms with Crippen molar-refractivity contribution in [2.24, 2.45) is 5.92 Å². The minimum absolute atomic E-state index is 0.159. The van der Waals surface area contributed by atoms with Crippen molar-refractivity contribution in [2.75, 3.05) is 31.1 Å². The molecule has 2 aromatic carbocycles. The zero-order valence-corrected chi connectivity index (χ0v) is 18.6. The van der Waals surface area contributed by atoms with Gasteiger partial charge in [-0.3, -0.25) is 4.79 Å². The normalized spacial score (nSPS) is 15.3. The molecule has 0 saturated carbocycles. The Labute approximate surface area is 185 Å². The molecule has 1 amide bonds. The van der Waals surface area contributed by atoms with Crippen LogP contribution < -0.4 is 4.90 Å². The lowest BCUT2D eigenvalue weighted by atomic mass is 9.97. The molecule has 0 bridgehead atoms. The number of rotatable bonds is 7. The number of unbranched alkanes of at least 4 members (excludes halogenated alkanes) is 1. The van der Waals surface area contributed by atoms with Crippen LogP contribution in [-0.4, -0.2) is 47.0 Å². The molecule has 31 heavy (non-hydrogen) atoms. The molecular formula is C26H32N4O. The molecule has 4 rings (SSSR count). The van der Waals surface area contributed by atoms with E-state index in [1.54, 1.807) is 0 Å². The van der Waals surface area contributed by atoms with E-state index in [1.165, 1.54) is 0 Å². The number of fused-ring (bicyclic) bond motifs is 1. The third-order valence-electron chi connectivity index (χ3n) is 6.24. The molecule has 1 aliphatic rings. The van der Waals surface area contributed by atoms with Crippen LogP contribution in [0.4, 0.5) is 5.82 Å². The van der Waals surface area contributed by atoms with Gasteiger partial charge in [-0.2, -0.15) is 0 Å². The smallest absolute Gasteiger partial charge is 0.225 e. The standard InChI is InChI=1S/C26H32N4O/c1-3-5-11-20(4-2)26(31)30-18-16-29(17-19-30)25-24(21-12-7-6-8-13-21)27-22-14-9-10-15-23(22)28-25/h6-10,12-15,20H,3-5,11,16-19H2,1-2H3/t20-/m1/s1. The lowest BCUT2D eigenvalue weighted by Gasteiger charge is -2.37. The van der Waals surface area contributed by atoms with E-state index < -0.39 is 0 Å². The molecule has 1 atom stereocenters. The fourth-order valence-corrected chi connectivity index (χ4v) is 4.35. The second kappa shape index (κ2) is 9.90. The summed E-state index contributed by atoms with van der Waals surface area (Å²) in [4.78, 5) is 27.3. The molecule has 5 heteroatoms. The van der Waals surface area contributed by atoms with Crippen molar-refractivity contribution in [3.8, 4) is 11.3 Å². The number of aromatic nitrogens is 2. The zero-order chi connectivity index (χ0) is 21.6. The van der Waals surface area contributed by atoms with Gasteiger partial charge in [-0.15, -0.1) is 0 Å². The third kappa shape index (κ3) is 4.71. The minimum Gasteiger partial charge on any atom is -0.351 e. The Hall–Kier alpha value is -2.95. The van der Waals surface area contributed by atoms with E-state index in [9.17, 15) is 4.79 Å². The summed E-state index contributed by atoms with van der Waals surface area (Å²) in [5.41, 5.74) is 3.79. The van der Waals surface area contributed by atoms with E-state index in [1.807, 2.05) is 42.5 Å². The monoisotopic (exact) mass is 416 g/mol. The van der Waals surface area contributed by atoms with E-state index in [4.69, 9.17) is 9.97 Å². The number of benzene rings is 2. The predicted molar refractivity (Wildman–Crippen MR) is 127 cm³/mol. The van der Waals surface area contributed by atoms with Crippen LogP contribution in [0.15, 0.2) is 54.6 Å². The van der Waals surface area contributed by atoms with Crippen LogP contribution in [-0.2, 0) is 4.79 Å². The molecule has 1 aliphatic heterocycles. The number of carbonyl (C=O) groups is 1. The van der Waals surface area contributed by atoms with E-state index in [0.29, 0.717) is 5.91 Å². The molecule has 0 aliphatic carbocycles. The van der Waals surface area contributed by atoms with Gasteiger partial charge >= 0.3 is 0 Å². The quantitative estimate of drug-likeness (QED) is 0.534. The summed E-state index contributed by atoms with van der Waals surface area (Å²) in [7, 11) is 0. The molecule has 0 radical (unpaired) electrons. The third-order valence-corrected chi connectivity index (χ3v) is 6.24. The summed E-state index contributed by atoms with van der Waals surface area (Å²) in [6.07, 6.45) is 4.19. The van der Waals surface area contributed by atoms with E-state index >= 15 is 0 Å². The van der Waals surface area contributed by atoms with Gasteiger partial charge < -0.3 is 9.80 Å². The van der Waals surface area contributed by atoms with Gasteiger partial charge in [0.25, 0.3) is 0 Å². The van der Waals surface area contributed by atoms with Crippen LogP contribution in [0.3, 0.4) is 0 Å². The van der Waals surface area contributed by atoms with Gasteiger partial charge in [0.05, 0.1) is 11.0 Å². The average molecular weight is 417 g/mol. The highest BCUT2D eigenvalue weighted by Gasteiger charge is 2.28. The maximum atomic E-state index is 13.0. The SMILES string of the molecule is CCCC[C@@H](CC)C(=O)N1CCN(c2nc3ccccc3nc2-c2ccccc2)CC1. The molecule has 0 spiro atoms. The second-order valence-electron chi connectivity index (χ2n) is 8.31. The van der Waals surface area contributed by atoms with Crippen molar-refractivity contribution in [3.05, 3.63) is 54.6 Å². The predicted octanol–water partition coefficient (Wildman–Crippen LogP) is 5.16. The molecule has 2 heterocycles. The molecule has 3 aromatic rings.